The van der Waals surface area contributed by atoms with Crippen LogP contribution < -0.4 is 0 Å². The Morgan fingerprint density at radius 3 is 2.35 bits per heavy atom. The second kappa shape index (κ2) is 5.51. The molecule has 105 valence electrons. The molecule has 1 heterocycles. The molecule has 2 aromatic carbocycles. The molecule has 1 aromatic heterocycles. The first-order valence-corrected chi connectivity index (χ1v) is 6.53. The van der Waals surface area contributed by atoms with Crippen molar-refractivity contribution in [2.24, 2.45) is 0 Å². The number of hydrogen-bond donors (Lipinski definition) is 0. The Labute approximate surface area is 133 Å². The Morgan fingerprint density at radius 2 is 1.70 bits per heavy atom. The van der Waals surface area contributed by atoms with Crippen LogP contribution in [0.4, 0.5) is 0 Å². The van der Waals surface area contributed by atoms with Gasteiger partial charge in [-0.1, -0.05) is 39.0 Å². The summed E-state index contributed by atoms with van der Waals surface area (Å²) >= 11 is 0. The number of benzene rings is 2. The standard InChI is InChI=1S/C17H17N2.Ir/c1-17(2,3)16-14-11-7-8-12-15(14)18-19(16)13-9-5-4-6-10-13;/h4-9,11-12H,1-3H3;/q-1;. The fraction of sp³-hybridized carbons (Fsp3) is 0.235. The summed E-state index contributed by atoms with van der Waals surface area (Å²) in [5.74, 6) is 0. The maximum absolute atomic E-state index is 4.73. The summed E-state index contributed by atoms with van der Waals surface area (Å²) in [4.78, 5) is 0. The average molecular weight is 442 g/mol. The predicted molar refractivity (Wildman–Crippen MR) is 78.6 cm³/mol. The fourth-order valence-corrected chi connectivity index (χ4v) is 2.44. The van der Waals surface area contributed by atoms with Gasteiger partial charge >= 0.3 is 0 Å². The minimum absolute atomic E-state index is 0. The van der Waals surface area contributed by atoms with E-state index < -0.39 is 0 Å². The van der Waals surface area contributed by atoms with Crippen LogP contribution in [0, 0.1) is 6.07 Å². The summed E-state index contributed by atoms with van der Waals surface area (Å²) in [6.45, 7) is 6.65. The zero-order chi connectivity index (χ0) is 13.5. The Morgan fingerprint density at radius 1 is 1.00 bits per heavy atom. The third-order valence-corrected chi connectivity index (χ3v) is 3.21. The van der Waals surface area contributed by atoms with Crippen LogP contribution in [0.5, 0.6) is 0 Å². The van der Waals surface area contributed by atoms with Gasteiger partial charge in [-0.15, -0.1) is 6.07 Å². The van der Waals surface area contributed by atoms with Gasteiger partial charge in [0.1, 0.15) is 0 Å². The summed E-state index contributed by atoms with van der Waals surface area (Å²) in [7, 11) is 0. The van der Waals surface area contributed by atoms with Crippen molar-refractivity contribution in [2.45, 2.75) is 26.2 Å². The number of aromatic nitrogens is 2. The van der Waals surface area contributed by atoms with Gasteiger partial charge in [0.05, 0.1) is 11.2 Å². The second-order valence-electron chi connectivity index (χ2n) is 5.78. The van der Waals surface area contributed by atoms with Gasteiger partial charge in [-0.2, -0.15) is 29.4 Å². The van der Waals surface area contributed by atoms with E-state index in [0.29, 0.717) is 0 Å². The van der Waals surface area contributed by atoms with Crippen molar-refractivity contribution in [1.82, 2.24) is 9.78 Å². The zero-order valence-corrected chi connectivity index (χ0v) is 14.2. The molecule has 0 aliphatic carbocycles. The molecule has 0 fully saturated rings. The third kappa shape index (κ3) is 2.56. The van der Waals surface area contributed by atoms with Gasteiger partial charge < -0.3 is 0 Å². The van der Waals surface area contributed by atoms with Gasteiger partial charge in [0.25, 0.3) is 0 Å². The van der Waals surface area contributed by atoms with E-state index in [-0.39, 0.29) is 25.5 Å². The van der Waals surface area contributed by atoms with Crippen LogP contribution in [0.1, 0.15) is 26.5 Å². The van der Waals surface area contributed by atoms with Crippen molar-refractivity contribution >= 4 is 10.9 Å². The molecule has 0 aliphatic heterocycles. The predicted octanol–water partition coefficient (Wildman–Crippen LogP) is 4.12. The molecule has 2 nitrogen and oxygen atoms in total. The van der Waals surface area contributed by atoms with Crippen molar-refractivity contribution in [3.05, 3.63) is 60.3 Å². The van der Waals surface area contributed by atoms with E-state index in [4.69, 9.17) is 5.10 Å². The molecule has 20 heavy (non-hydrogen) atoms. The zero-order valence-electron chi connectivity index (χ0n) is 11.8. The SMILES string of the molecule is CC(C)(C)c1c2ccccc2nn1-c1[c-]cccc1.[Ir]. The molecule has 0 unspecified atom stereocenters. The molecular weight excluding hydrogens is 424 g/mol. The van der Waals surface area contributed by atoms with Gasteiger partial charge in [-0.3, -0.25) is 4.68 Å². The normalized spacial score (nSPS) is 11.3. The summed E-state index contributed by atoms with van der Waals surface area (Å²) in [5.41, 5.74) is 3.28. The van der Waals surface area contributed by atoms with Gasteiger partial charge in [-0.25, -0.2) is 0 Å². The summed E-state index contributed by atoms with van der Waals surface area (Å²) < 4.78 is 2.02. The first-order chi connectivity index (χ1) is 9.07. The van der Waals surface area contributed by atoms with E-state index in [0.717, 1.165) is 11.2 Å². The first kappa shape index (κ1) is 15.0. The van der Waals surface area contributed by atoms with E-state index in [9.17, 15) is 0 Å². The van der Waals surface area contributed by atoms with Crippen LogP contribution in [-0.2, 0) is 25.5 Å². The fourth-order valence-electron chi connectivity index (χ4n) is 2.44. The molecule has 0 atom stereocenters. The van der Waals surface area contributed by atoms with Crippen LogP contribution in [0.3, 0.4) is 0 Å². The quantitative estimate of drug-likeness (QED) is 0.520. The van der Waals surface area contributed by atoms with E-state index in [1.807, 2.05) is 35.0 Å². The van der Waals surface area contributed by atoms with Crippen molar-refractivity contribution in [3.8, 4) is 5.69 Å². The smallest absolute Gasteiger partial charge is 0.0930 e. The Hall–Kier alpha value is -1.44. The van der Waals surface area contributed by atoms with Crippen LogP contribution in [0.2, 0.25) is 0 Å². The molecular formula is C17H17IrN2-. The van der Waals surface area contributed by atoms with E-state index in [1.54, 1.807) is 0 Å². The first-order valence-electron chi connectivity index (χ1n) is 6.53. The van der Waals surface area contributed by atoms with Crippen LogP contribution in [-0.4, -0.2) is 9.78 Å². The van der Waals surface area contributed by atoms with Crippen molar-refractivity contribution < 1.29 is 20.1 Å². The molecule has 1 radical (unpaired) electrons. The van der Waals surface area contributed by atoms with E-state index in [1.165, 1.54) is 11.1 Å². The van der Waals surface area contributed by atoms with Gasteiger partial charge in [0, 0.05) is 30.9 Å². The molecule has 0 aliphatic rings. The molecule has 0 bridgehead atoms. The Kier molecular flexibility index (Phi) is 4.12. The molecule has 0 saturated carbocycles. The maximum Gasteiger partial charge on any atom is 0.0930 e. The van der Waals surface area contributed by atoms with Crippen LogP contribution >= 0.6 is 0 Å². The van der Waals surface area contributed by atoms with Crippen molar-refractivity contribution in [1.29, 1.82) is 0 Å². The van der Waals surface area contributed by atoms with E-state index in [2.05, 4.69) is 45.0 Å². The summed E-state index contributed by atoms with van der Waals surface area (Å²) in [6.07, 6.45) is 0. The number of para-hydroxylation sites is 1. The summed E-state index contributed by atoms with van der Waals surface area (Å²) in [5, 5.41) is 5.95. The third-order valence-electron chi connectivity index (χ3n) is 3.21. The minimum Gasteiger partial charge on any atom is -0.261 e. The number of rotatable bonds is 1. The van der Waals surface area contributed by atoms with E-state index >= 15 is 0 Å². The molecule has 3 rings (SSSR count). The number of hydrogen-bond acceptors (Lipinski definition) is 1. The number of fused-ring (bicyclic) bond motifs is 1. The van der Waals surface area contributed by atoms with Gasteiger partial charge in [-0.05, 0) is 11.8 Å². The topological polar surface area (TPSA) is 17.8 Å². The Balaban J connectivity index is 0.00000147. The Bertz CT molecular complexity index is 709. The maximum atomic E-state index is 4.73. The summed E-state index contributed by atoms with van der Waals surface area (Å²) in [6, 6.07) is 19.5. The largest absolute Gasteiger partial charge is 0.261 e. The molecule has 0 amide bonds. The monoisotopic (exact) mass is 442 g/mol. The second-order valence-corrected chi connectivity index (χ2v) is 5.78. The minimum atomic E-state index is 0. The number of nitrogens with zero attached hydrogens (tertiary/aromatic N) is 2. The van der Waals surface area contributed by atoms with Crippen LogP contribution in [0.25, 0.3) is 16.6 Å². The average Bonchev–Trinajstić information content (AvgIpc) is 2.79. The molecule has 0 saturated heterocycles. The van der Waals surface area contributed by atoms with Crippen molar-refractivity contribution in [3.63, 3.8) is 0 Å². The molecule has 3 aromatic rings. The van der Waals surface area contributed by atoms with Gasteiger partial charge in [0.2, 0.25) is 0 Å². The van der Waals surface area contributed by atoms with Crippen molar-refractivity contribution in [2.75, 3.05) is 0 Å². The molecule has 0 N–H and O–H groups in total. The van der Waals surface area contributed by atoms with Crippen LogP contribution in [0.15, 0.2) is 48.5 Å². The molecule has 0 spiro atoms. The molecule has 3 heteroatoms. The van der Waals surface area contributed by atoms with Gasteiger partial charge in [0.15, 0.2) is 0 Å².